The number of benzene rings is 1. The third kappa shape index (κ3) is 2.42. The van der Waals surface area contributed by atoms with Crippen molar-refractivity contribution in [1.82, 2.24) is 20.2 Å². The number of hydrogen-bond acceptors (Lipinski definition) is 4. The Labute approximate surface area is 132 Å². The number of hydrogen-bond donors (Lipinski definition) is 2. The fraction of sp³-hybridized carbons (Fsp3) is 0.0556. The fourth-order valence-corrected chi connectivity index (χ4v) is 2.67. The summed E-state index contributed by atoms with van der Waals surface area (Å²) in [5, 5.41) is 17.7. The maximum atomic E-state index is 9.62. The van der Waals surface area contributed by atoms with Crippen LogP contribution >= 0.6 is 0 Å². The van der Waals surface area contributed by atoms with Gasteiger partial charge in [0.25, 0.3) is 0 Å². The molecule has 1 aromatic carbocycles. The average molecular weight is 302 g/mol. The summed E-state index contributed by atoms with van der Waals surface area (Å²) in [5.74, 6) is 0.155. The van der Waals surface area contributed by atoms with Gasteiger partial charge in [-0.05, 0) is 42.8 Å². The monoisotopic (exact) mass is 302 g/mol. The van der Waals surface area contributed by atoms with E-state index in [1.807, 2.05) is 43.3 Å². The Morgan fingerprint density at radius 1 is 1.04 bits per heavy atom. The molecule has 4 rings (SSSR count). The van der Waals surface area contributed by atoms with Crippen molar-refractivity contribution in [3.05, 3.63) is 60.6 Å². The first-order valence-electron chi connectivity index (χ1n) is 7.27. The van der Waals surface area contributed by atoms with Crippen LogP contribution in [0.15, 0.2) is 54.9 Å². The topological polar surface area (TPSA) is 74.7 Å². The number of aromatic amines is 1. The van der Waals surface area contributed by atoms with Crippen LogP contribution in [0.25, 0.3) is 33.4 Å². The number of H-pyrrole nitrogens is 1. The number of aromatic nitrogens is 4. The Hall–Kier alpha value is -3.21. The molecule has 112 valence electrons. The second-order valence-electron chi connectivity index (χ2n) is 5.42. The third-order valence-corrected chi connectivity index (χ3v) is 3.76. The smallest absolute Gasteiger partial charge is 0.134 e. The summed E-state index contributed by atoms with van der Waals surface area (Å²) in [6.07, 6.45) is 3.23. The number of aryl methyl sites for hydroxylation is 1. The lowest BCUT2D eigenvalue weighted by molar-refractivity contribution is 0.474. The minimum atomic E-state index is 0.155. The summed E-state index contributed by atoms with van der Waals surface area (Å²) in [6, 6.07) is 13.5. The maximum Gasteiger partial charge on any atom is 0.134 e. The summed E-state index contributed by atoms with van der Waals surface area (Å²) in [6.45, 7) is 1.96. The molecule has 0 bridgehead atoms. The maximum absolute atomic E-state index is 9.62. The molecular weight excluding hydrogens is 288 g/mol. The fourth-order valence-electron chi connectivity index (χ4n) is 2.67. The van der Waals surface area contributed by atoms with E-state index < -0.39 is 0 Å². The molecule has 3 aromatic heterocycles. The molecule has 0 fully saturated rings. The highest BCUT2D eigenvalue weighted by atomic mass is 16.3. The molecule has 5 heteroatoms. The van der Waals surface area contributed by atoms with Gasteiger partial charge in [-0.25, -0.2) is 0 Å². The van der Waals surface area contributed by atoms with E-state index in [0.29, 0.717) is 0 Å². The lowest BCUT2D eigenvalue weighted by Crippen LogP contribution is -1.89. The van der Waals surface area contributed by atoms with Crippen LogP contribution in [-0.4, -0.2) is 25.3 Å². The number of nitrogens with zero attached hydrogens (tertiary/aromatic N) is 3. The van der Waals surface area contributed by atoms with Crippen LogP contribution < -0.4 is 0 Å². The van der Waals surface area contributed by atoms with Crippen LogP contribution in [0.2, 0.25) is 0 Å². The zero-order chi connectivity index (χ0) is 15.8. The van der Waals surface area contributed by atoms with Gasteiger partial charge in [-0.3, -0.25) is 15.1 Å². The van der Waals surface area contributed by atoms with Crippen molar-refractivity contribution < 1.29 is 5.11 Å². The molecule has 3 heterocycles. The summed E-state index contributed by atoms with van der Waals surface area (Å²) in [7, 11) is 0. The molecule has 0 amide bonds. The van der Waals surface area contributed by atoms with Crippen molar-refractivity contribution in [1.29, 1.82) is 0 Å². The van der Waals surface area contributed by atoms with E-state index >= 15 is 0 Å². The van der Waals surface area contributed by atoms with E-state index in [9.17, 15) is 5.11 Å². The van der Waals surface area contributed by atoms with Crippen molar-refractivity contribution in [2.75, 3.05) is 0 Å². The standard InChI is InChI=1S/C18H14N4O/c1-11-3-2-4-17(21-11)18-15(10-20-22-18)12-5-6-16-13(7-12)8-14(23)9-19-16/h2-10,23H,1H3,(H,20,22). The zero-order valence-electron chi connectivity index (χ0n) is 12.5. The highest BCUT2D eigenvalue weighted by Gasteiger charge is 2.12. The molecule has 0 saturated heterocycles. The molecule has 0 aliphatic carbocycles. The van der Waals surface area contributed by atoms with Crippen LogP contribution in [0.3, 0.4) is 0 Å². The first kappa shape index (κ1) is 13.5. The van der Waals surface area contributed by atoms with E-state index in [1.165, 1.54) is 6.20 Å². The third-order valence-electron chi connectivity index (χ3n) is 3.76. The quantitative estimate of drug-likeness (QED) is 0.592. The number of aromatic hydroxyl groups is 1. The van der Waals surface area contributed by atoms with Crippen molar-refractivity contribution in [3.8, 4) is 28.3 Å². The molecule has 5 nitrogen and oxygen atoms in total. The minimum absolute atomic E-state index is 0.155. The van der Waals surface area contributed by atoms with Gasteiger partial charge < -0.3 is 5.11 Å². The molecule has 0 saturated carbocycles. The van der Waals surface area contributed by atoms with Gasteiger partial charge in [-0.2, -0.15) is 5.10 Å². The van der Waals surface area contributed by atoms with Gasteiger partial charge in [0.05, 0.1) is 29.3 Å². The Balaban J connectivity index is 1.87. The SMILES string of the molecule is Cc1cccc(-c2[nH]ncc2-c2ccc3ncc(O)cc3c2)n1. The largest absolute Gasteiger partial charge is 0.506 e. The van der Waals surface area contributed by atoms with Crippen LogP contribution in [0.4, 0.5) is 0 Å². The predicted octanol–water partition coefficient (Wildman–Crippen LogP) is 3.70. The second kappa shape index (κ2) is 5.21. The van der Waals surface area contributed by atoms with Crippen LogP contribution in [0.1, 0.15) is 5.69 Å². The molecule has 23 heavy (non-hydrogen) atoms. The highest BCUT2D eigenvalue weighted by Crippen LogP contribution is 2.31. The summed E-state index contributed by atoms with van der Waals surface area (Å²) < 4.78 is 0. The Morgan fingerprint density at radius 3 is 2.83 bits per heavy atom. The lowest BCUT2D eigenvalue weighted by Gasteiger charge is -2.06. The molecule has 4 aromatic rings. The van der Waals surface area contributed by atoms with Gasteiger partial charge in [-0.15, -0.1) is 0 Å². The van der Waals surface area contributed by atoms with Gasteiger partial charge in [0.2, 0.25) is 0 Å². The molecule has 0 spiro atoms. The van der Waals surface area contributed by atoms with Crippen molar-refractivity contribution >= 4 is 10.9 Å². The number of nitrogens with one attached hydrogen (secondary N) is 1. The summed E-state index contributed by atoms with van der Waals surface area (Å²) in [4.78, 5) is 8.76. The van der Waals surface area contributed by atoms with Crippen LogP contribution in [0.5, 0.6) is 5.75 Å². The van der Waals surface area contributed by atoms with E-state index in [2.05, 4.69) is 20.2 Å². The highest BCUT2D eigenvalue weighted by molar-refractivity contribution is 5.88. The van der Waals surface area contributed by atoms with Gasteiger partial charge in [0.1, 0.15) is 5.75 Å². The number of fused-ring (bicyclic) bond motifs is 1. The first-order valence-corrected chi connectivity index (χ1v) is 7.27. The predicted molar refractivity (Wildman–Crippen MR) is 89.0 cm³/mol. The van der Waals surface area contributed by atoms with Crippen LogP contribution in [-0.2, 0) is 0 Å². The molecule has 0 aliphatic rings. The van der Waals surface area contributed by atoms with Gasteiger partial charge >= 0.3 is 0 Å². The molecule has 0 aliphatic heterocycles. The number of pyridine rings is 2. The van der Waals surface area contributed by atoms with Crippen LogP contribution in [0, 0.1) is 6.92 Å². The molecule has 0 radical (unpaired) electrons. The van der Waals surface area contributed by atoms with E-state index in [-0.39, 0.29) is 5.75 Å². The molecule has 0 unspecified atom stereocenters. The van der Waals surface area contributed by atoms with Gasteiger partial charge in [-0.1, -0.05) is 12.1 Å². The average Bonchev–Trinajstić information content (AvgIpc) is 3.03. The first-order chi connectivity index (χ1) is 11.2. The molecule has 2 N–H and O–H groups in total. The van der Waals surface area contributed by atoms with Crippen molar-refractivity contribution in [2.45, 2.75) is 6.92 Å². The zero-order valence-corrected chi connectivity index (χ0v) is 12.5. The van der Waals surface area contributed by atoms with E-state index in [4.69, 9.17) is 0 Å². The Kier molecular flexibility index (Phi) is 3.05. The Morgan fingerprint density at radius 2 is 1.96 bits per heavy atom. The van der Waals surface area contributed by atoms with E-state index in [1.54, 1.807) is 12.3 Å². The van der Waals surface area contributed by atoms with Crippen molar-refractivity contribution in [2.24, 2.45) is 0 Å². The summed E-state index contributed by atoms with van der Waals surface area (Å²) in [5.41, 5.74) is 5.49. The Bertz CT molecular complexity index is 1010. The number of rotatable bonds is 2. The molecular formula is C18H14N4O. The normalized spacial score (nSPS) is 11.0. The van der Waals surface area contributed by atoms with E-state index in [0.717, 1.165) is 39.1 Å². The van der Waals surface area contributed by atoms with Gasteiger partial charge in [0.15, 0.2) is 0 Å². The molecule has 0 atom stereocenters. The van der Waals surface area contributed by atoms with Crippen molar-refractivity contribution in [3.63, 3.8) is 0 Å². The summed E-state index contributed by atoms with van der Waals surface area (Å²) >= 11 is 0. The van der Waals surface area contributed by atoms with Gasteiger partial charge in [0, 0.05) is 16.6 Å². The second-order valence-corrected chi connectivity index (χ2v) is 5.42. The lowest BCUT2D eigenvalue weighted by atomic mass is 10.0. The minimum Gasteiger partial charge on any atom is -0.506 e.